The summed E-state index contributed by atoms with van der Waals surface area (Å²) < 4.78 is 12.9. The quantitative estimate of drug-likeness (QED) is 0.602. The van der Waals surface area contributed by atoms with E-state index < -0.39 is 41.7 Å². The number of hydrogen-bond acceptors (Lipinski definition) is 4. The highest BCUT2D eigenvalue weighted by atomic mass is 19.1. The van der Waals surface area contributed by atoms with Gasteiger partial charge in [-0.3, -0.25) is 19.3 Å². The lowest BCUT2D eigenvalue weighted by molar-refractivity contribution is -0.135. The number of nitrogens with one attached hydrogen (secondary N) is 3. The van der Waals surface area contributed by atoms with Crippen LogP contribution in [-0.4, -0.2) is 41.7 Å². The standard InChI is InChI=1S/C21H21FN4O4/c1-2-21(14-6-4-3-5-7-14)19(29)26(20(30)25-21)13-18(28)23-12-17(27)24-16-10-8-15(22)9-11-16/h3-11H,2,12-13H2,1H3,(H,23,28)(H,24,27)(H,25,30)/t21-/m0/s1. The Kier molecular flexibility index (Phi) is 6.10. The summed E-state index contributed by atoms with van der Waals surface area (Å²) in [7, 11) is 0. The van der Waals surface area contributed by atoms with Crippen LogP contribution in [0.1, 0.15) is 18.9 Å². The average Bonchev–Trinajstić information content (AvgIpc) is 2.99. The second kappa shape index (κ2) is 8.73. The van der Waals surface area contributed by atoms with Gasteiger partial charge in [-0.15, -0.1) is 0 Å². The number of carbonyl (C=O) groups is 4. The number of rotatable bonds is 7. The van der Waals surface area contributed by atoms with Gasteiger partial charge < -0.3 is 16.0 Å². The fraction of sp³-hybridized carbons (Fsp3) is 0.238. The van der Waals surface area contributed by atoms with Crippen LogP contribution >= 0.6 is 0 Å². The van der Waals surface area contributed by atoms with Crippen LogP contribution in [0.15, 0.2) is 54.6 Å². The maximum Gasteiger partial charge on any atom is 0.325 e. The van der Waals surface area contributed by atoms with Crippen molar-refractivity contribution in [2.24, 2.45) is 0 Å². The molecule has 30 heavy (non-hydrogen) atoms. The molecule has 8 nitrogen and oxygen atoms in total. The van der Waals surface area contributed by atoms with Gasteiger partial charge in [0.25, 0.3) is 5.91 Å². The molecule has 0 aliphatic carbocycles. The van der Waals surface area contributed by atoms with Gasteiger partial charge in [-0.05, 0) is 36.2 Å². The summed E-state index contributed by atoms with van der Waals surface area (Å²) in [6, 6.07) is 13.3. The van der Waals surface area contributed by atoms with E-state index in [0.717, 1.165) is 4.90 Å². The van der Waals surface area contributed by atoms with Crippen molar-refractivity contribution in [2.45, 2.75) is 18.9 Å². The summed E-state index contributed by atoms with van der Waals surface area (Å²) in [5, 5.41) is 7.56. The monoisotopic (exact) mass is 412 g/mol. The highest BCUT2D eigenvalue weighted by molar-refractivity contribution is 6.09. The molecule has 2 aromatic rings. The van der Waals surface area contributed by atoms with Gasteiger partial charge in [0.15, 0.2) is 0 Å². The van der Waals surface area contributed by atoms with Gasteiger partial charge in [0.1, 0.15) is 17.9 Å². The SMILES string of the molecule is CC[C@@]1(c2ccccc2)NC(=O)N(CC(=O)NCC(=O)Nc2ccc(F)cc2)C1=O. The molecular weight excluding hydrogens is 391 g/mol. The first kappa shape index (κ1) is 21.0. The summed E-state index contributed by atoms with van der Waals surface area (Å²) in [5.41, 5.74) is -0.216. The molecule has 1 fully saturated rings. The van der Waals surface area contributed by atoms with E-state index in [0.29, 0.717) is 17.7 Å². The highest BCUT2D eigenvalue weighted by Crippen LogP contribution is 2.32. The van der Waals surface area contributed by atoms with Crippen molar-refractivity contribution in [1.29, 1.82) is 0 Å². The summed E-state index contributed by atoms with van der Waals surface area (Å²) in [5.74, 6) is -2.15. The number of nitrogens with zero attached hydrogens (tertiary/aromatic N) is 1. The number of urea groups is 1. The van der Waals surface area contributed by atoms with E-state index in [9.17, 15) is 23.6 Å². The minimum Gasteiger partial charge on any atom is -0.345 e. The first-order chi connectivity index (χ1) is 14.4. The highest BCUT2D eigenvalue weighted by Gasteiger charge is 2.51. The van der Waals surface area contributed by atoms with Gasteiger partial charge >= 0.3 is 6.03 Å². The molecule has 1 saturated heterocycles. The van der Waals surface area contributed by atoms with Crippen LogP contribution in [0, 0.1) is 5.82 Å². The lowest BCUT2D eigenvalue weighted by Crippen LogP contribution is -2.45. The molecule has 0 radical (unpaired) electrons. The van der Waals surface area contributed by atoms with E-state index >= 15 is 0 Å². The second-order valence-corrected chi connectivity index (χ2v) is 6.78. The van der Waals surface area contributed by atoms with Crippen molar-refractivity contribution >= 4 is 29.4 Å². The first-order valence-corrected chi connectivity index (χ1v) is 9.37. The van der Waals surface area contributed by atoms with Gasteiger partial charge in [-0.25, -0.2) is 9.18 Å². The third-order valence-electron chi connectivity index (χ3n) is 4.85. The Hall–Kier alpha value is -3.75. The largest absolute Gasteiger partial charge is 0.345 e. The molecule has 5 amide bonds. The van der Waals surface area contributed by atoms with Crippen LogP contribution in [0.25, 0.3) is 0 Å². The molecule has 3 N–H and O–H groups in total. The Balaban J connectivity index is 1.58. The van der Waals surface area contributed by atoms with E-state index in [1.807, 2.05) is 0 Å². The fourth-order valence-electron chi connectivity index (χ4n) is 3.25. The Morgan fingerprint density at radius 3 is 2.33 bits per heavy atom. The third kappa shape index (κ3) is 4.29. The van der Waals surface area contributed by atoms with Crippen LogP contribution in [0.5, 0.6) is 0 Å². The van der Waals surface area contributed by atoms with Crippen LogP contribution in [0.2, 0.25) is 0 Å². The molecular formula is C21H21FN4O4. The second-order valence-electron chi connectivity index (χ2n) is 6.78. The van der Waals surface area contributed by atoms with Gasteiger partial charge in [0.05, 0.1) is 6.54 Å². The molecule has 0 spiro atoms. The van der Waals surface area contributed by atoms with E-state index in [2.05, 4.69) is 16.0 Å². The van der Waals surface area contributed by atoms with Crippen LogP contribution < -0.4 is 16.0 Å². The molecule has 0 saturated carbocycles. The minimum atomic E-state index is -1.22. The van der Waals surface area contributed by atoms with Gasteiger partial charge in [0.2, 0.25) is 11.8 Å². The van der Waals surface area contributed by atoms with Crippen LogP contribution in [-0.2, 0) is 19.9 Å². The van der Waals surface area contributed by atoms with E-state index in [-0.39, 0.29) is 6.54 Å². The van der Waals surface area contributed by atoms with E-state index in [4.69, 9.17) is 0 Å². The molecule has 9 heteroatoms. The number of carbonyl (C=O) groups excluding carboxylic acids is 4. The molecule has 1 heterocycles. The normalized spacial score (nSPS) is 18.1. The van der Waals surface area contributed by atoms with E-state index in [1.165, 1.54) is 24.3 Å². The lowest BCUT2D eigenvalue weighted by atomic mass is 9.87. The molecule has 2 aromatic carbocycles. The van der Waals surface area contributed by atoms with Crippen LogP contribution in [0.3, 0.4) is 0 Å². The Morgan fingerprint density at radius 2 is 1.70 bits per heavy atom. The number of hydrogen-bond donors (Lipinski definition) is 3. The number of halogens is 1. The lowest BCUT2D eigenvalue weighted by Gasteiger charge is -2.25. The Morgan fingerprint density at radius 1 is 1.03 bits per heavy atom. The van der Waals surface area contributed by atoms with Crippen LogP contribution in [0.4, 0.5) is 14.9 Å². The van der Waals surface area contributed by atoms with Gasteiger partial charge in [0, 0.05) is 5.69 Å². The number of imide groups is 1. The predicted molar refractivity (Wildman–Crippen MR) is 107 cm³/mol. The fourth-order valence-corrected chi connectivity index (χ4v) is 3.25. The van der Waals surface area contributed by atoms with Gasteiger partial charge in [-0.2, -0.15) is 0 Å². The first-order valence-electron chi connectivity index (χ1n) is 9.37. The molecule has 0 unspecified atom stereocenters. The van der Waals surface area contributed by atoms with Crippen molar-refractivity contribution in [3.63, 3.8) is 0 Å². The van der Waals surface area contributed by atoms with E-state index in [1.54, 1.807) is 37.3 Å². The zero-order valence-corrected chi connectivity index (χ0v) is 16.3. The molecule has 156 valence electrons. The Labute approximate surface area is 172 Å². The zero-order valence-electron chi connectivity index (χ0n) is 16.3. The summed E-state index contributed by atoms with van der Waals surface area (Å²) in [6.07, 6.45) is 0.319. The summed E-state index contributed by atoms with van der Waals surface area (Å²) in [6.45, 7) is 0.898. The maximum absolute atomic E-state index is 13.0. The van der Waals surface area contributed by atoms with Gasteiger partial charge in [-0.1, -0.05) is 37.3 Å². The summed E-state index contributed by atoms with van der Waals surface area (Å²) >= 11 is 0. The predicted octanol–water partition coefficient (Wildman–Crippen LogP) is 1.74. The average molecular weight is 412 g/mol. The number of benzene rings is 2. The maximum atomic E-state index is 13.0. The molecule has 1 aliphatic rings. The Bertz CT molecular complexity index is 965. The zero-order chi connectivity index (χ0) is 21.7. The molecule has 1 atom stereocenters. The topological polar surface area (TPSA) is 108 Å². The molecule has 0 bridgehead atoms. The minimum absolute atomic E-state index is 0.319. The summed E-state index contributed by atoms with van der Waals surface area (Å²) in [4.78, 5) is 50.3. The molecule has 0 aromatic heterocycles. The van der Waals surface area contributed by atoms with Crippen molar-refractivity contribution in [3.05, 3.63) is 66.0 Å². The van der Waals surface area contributed by atoms with Crippen molar-refractivity contribution in [2.75, 3.05) is 18.4 Å². The third-order valence-corrected chi connectivity index (χ3v) is 4.85. The molecule has 1 aliphatic heterocycles. The van der Waals surface area contributed by atoms with Crippen molar-refractivity contribution < 1.29 is 23.6 Å². The molecule has 3 rings (SSSR count). The smallest absolute Gasteiger partial charge is 0.325 e. The number of anilines is 1. The van der Waals surface area contributed by atoms with Crippen molar-refractivity contribution in [1.82, 2.24) is 15.5 Å². The van der Waals surface area contributed by atoms with Crippen molar-refractivity contribution in [3.8, 4) is 0 Å². The number of amides is 5.